The number of amides is 1. The first-order valence-corrected chi connectivity index (χ1v) is 15.2. The first-order chi connectivity index (χ1) is 21.5. The van der Waals surface area contributed by atoms with Crippen molar-refractivity contribution in [2.45, 2.75) is 75.8 Å². The highest BCUT2D eigenvalue weighted by atomic mass is 19.3. The Kier molecular flexibility index (Phi) is 11.6. The molecule has 45 heavy (non-hydrogen) atoms. The van der Waals surface area contributed by atoms with Crippen molar-refractivity contribution in [3.8, 4) is 0 Å². The molecule has 0 saturated heterocycles. The third-order valence-electron chi connectivity index (χ3n) is 8.12. The predicted octanol–water partition coefficient (Wildman–Crippen LogP) is 4.10. The topological polar surface area (TPSA) is 188 Å². The number of aliphatic imine (C=N–C) groups is 2. The zero-order valence-corrected chi connectivity index (χ0v) is 25.2. The molecule has 13 heteroatoms. The maximum absolute atomic E-state index is 12.8. The molecule has 6 rings (SSSR count). The summed E-state index contributed by atoms with van der Waals surface area (Å²) in [5.74, 6) is -4.22. The summed E-state index contributed by atoms with van der Waals surface area (Å²) < 4.78 is 35.7. The minimum Gasteiger partial charge on any atom is -0.481 e. The van der Waals surface area contributed by atoms with Crippen molar-refractivity contribution in [2.75, 3.05) is 24.3 Å². The number of carbonyl (C=O) groups is 2. The van der Waals surface area contributed by atoms with Gasteiger partial charge in [-0.3, -0.25) is 9.59 Å². The van der Waals surface area contributed by atoms with Crippen molar-refractivity contribution >= 4 is 35.3 Å². The molecular formula is C32H42F2N6O5. The number of carboxylic acids is 1. The van der Waals surface area contributed by atoms with Crippen LogP contribution in [0.2, 0.25) is 0 Å². The number of carbonyl (C=O) groups excluding carboxylic acids is 1. The number of nitrogens with two attached hydrogens (primary N) is 3. The highest BCUT2D eigenvalue weighted by Crippen LogP contribution is 2.42. The van der Waals surface area contributed by atoms with Crippen LogP contribution in [0, 0.1) is 11.8 Å². The summed E-state index contributed by atoms with van der Waals surface area (Å²) in [6, 6.07) is 16.2. The number of hydrogen-bond acceptors (Lipinski definition) is 9. The molecule has 1 amide bonds. The molecule has 2 saturated carbocycles. The monoisotopic (exact) mass is 628 g/mol. The van der Waals surface area contributed by atoms with Crippen molar-refractivity contribution in [3.63, 3.8) is 0 Å². The number of benzene rings is 2. The van der Waals surface area contributed by atoms with Gasteiger partial charge in [0.25, 0.3) is 12.0 Å². The minimum absolute atomic E-state index is 0.000000000000000444. The van der Waals surface area contributed by atoms with Crippen molar-refractivity contribution in [1.29, 1.82) is 0 Å². The highest BCUT2D eigenvalue weighted by Gasteiger charge is 2.48. The number of nitrogens with zero attached hydrogens (tertiary/aromatic N) is 2. The van der Waals surface area contributed by atoms with Gasteiger partial charge in [0.15, 0.2) is 0 Å². The number of alkyl halides is 2. The van der Waals surface area contributed by atoms with Gasteiger partial charge in [0, 0.05) is 30.1 Å². The van der Waals surface area contributed by atoms with Crippen molar-refractivity contribution < 1.29 is 33.0 Å². The van der Waals surface area contributed by atoms with E-state index in [1.165, 1.54) is 5.56 Å². The predicted molar refractivity (Wildman–Crippen MR) is 168 cm³/mol. The Morgan fingerprint density at radius 3 is 1.67 bits per heavy atom. The molecule has 0 unspecified atom stereocenters. The fraction of sp³-hybridized carbons (Fsp3) is 0.500. The summed E-state index contributed by atoms with van der Waals surface area (Å²) in [6.07, 6.45) is 5.79. The Bertz CT molecular complexity index is 1340. The molecule has 2 aromatic rings. The number of ether oxygens (including phenoxy) is 2. The maximum atomic E-state index is 12.8. The molecule has 2 aromatic carbocycles. The van der Waals surface area contributed by atoms with Gasteiger partial charge >= 0.3 is 5.97 Å². The van der Waals surface area contributed by atoms with Crippen LogP contribution in [0.25, 0.3) is 0 Å². The van der Waals surface area contributed by atoms with E-state index in [4.69, 9.17) is 31.8 Å². The van der Waals surface area contributed by atoms with Crippen molar-refractivity contribution in [2.24, 2.45) is 33.3 Å². The molecule has 2 fully saturated rings. The summed E-state index contributed by atoms with van der Waals surface area (Å²) in [4.78, 5) is 30.1. The fourth-order valence-corrected chi connectivity index (χ4v) is 5.02. The summed E-state index contributed by atoms with van der Waals surface area (Å²) in [6.45, 7) is 1.13. The van der Waals surface area contributed by atoms with E-state index < -0.39 is 17.8 Å². The Balaban J connectivity index is 0.000000178. The third-order valence-corrected chi connectivity index (χ3v) is 8.12. The summed E-state index contributed by atoms with van der Waals surface area (Å²) >= 11 is 0. The van der Waals surface area contributed by atoms with Gasteiger partial charge in [0.1, 0.15) is 13.2 Å². The van der Waals surface area contributed by atoms with Gasteiger partial charge in [-0.25, -0.2) is 18.8 Å². The van der Waals surface area contributed by atoms with Crippen LogP contribution in [0.15, 0.2) is 58.5 Å². The third kappa shape index (κ3) is 10.9. The lowest BCUT2D eigenvalue weighted by Gasteiger charge is -2.33. The average Bonchev–Trinajstić information content (AvgIpc) is 3.57. The lowest BCUT2D eigenvalue weighted by Crippen LogP contribution is -2.42. The fourth-order valence-electron chi connectivity index (χ4n) is 5.02. The summed E-state index contributed by atoms with van der Waals surface area (Å²) in [5.41, 5.74) is 20.3. The van der Waals surface area contributed by atoms with E-state index in [-0.39, 0.29) is 42.8 Å². The first-order valence-electron chi connectivity index (χ1n) is 15.2. The number of rotatable bonds is 9. The SMILES string of the molecule is NC1=N[C@@H](CCc2ccc(N)cc2)CO1.NC1=N[C@@H](CCc2ccc(NC(=O)C3CC(F)(F)C3)cc2)CO1.O=C(O)C1CCC1. The Morgan fingerprint density at radius 1 is 0.822 bits per heavy atom. The molecule has 244 valence electrons. The van der Waals surface area contributed by atoms with Crippen LogP contribution in [0.3, 0.4) is 0 Å². The van der Waals surface area contributed by atoms with Crippen LogP contribution in [-0.2, 0) is 31.9 Å². The van der Waals surface area contributed by atoms with E-state index >= 15 is 0 Å². The summed E-state index contributed by atoms with van der Waals surface area (Å²) in [7, 11) is 0. The van der Waals surface area contributed by atoms with Gasteiger partial charge in [-0.15, -0.1) is 0 Å². The standard InChI is InChI=1S/C16H19F2N3O2.C11H15N3O.C5H8O2/c17-16(18)7-11(8-16)14(22)20-12-4-1-10(2-5-12)3-6-13-9-23-15(19)21-13;12-9-4-1-8(2-5-9)3-6-10-7-15-11(13)14-10;6-5(7)4-2-1-3-4/h1-2,4-5,11,13H,3,6-9H2,(H2,19,21)(H,20,22);1-2,4-5,10H,3,6-7,12H2,(H2,13,14);4H,1-3H2,(H,6,7)/t13-;10-;/m00./s1. The quantitative estimate of drug-likeness (QED) is 0.257. The van der Waals surface area contributed by atoms with E-state index in [0.717, 1.165) is 56.2 Å². The second-order valence-electron chi connectivity index (χ2n) is 11.8. The number of halogens is 2. The van der Waals surface area contributed by atoms with E-state index in [2.05, 4.69) is 15.3 Å². The number of nitrogens with one attached hydrogen (secondary N) is 1. The molecule has 0 spiro atoms. The number of nitrogen functional groups attached to an aromatic ring is 1. The van der Waals surface area contributed by atoms with Crippen molar-refractivity contribution in [1.82, 2.24) is 0 Å². The normalized spacial score (nSPS) is 21.6. The molecule has 2 aliphatic heterocycles. The largest absolute Gasteiger partial charge is 0.481 e. The number of carboxylic acid groups (broad SMARTS) is 1. The van der Waals surface area contributed by atoms with E-state index in [9.17, 15) is 18.4 Å². The lowest BCUT2D eigenvalue weighted by atomic mass is 9.81. The molecular weight excluding hydrogens is 586 g/mol. The lowest BCUT2D eigenvalue weighted by molar-refractivity contribution is -0.145. The van der Waals surface area contributed by atoms with Gasteiger partial charge in [-0.2, -0.15) is 0 Å². The second-order valence-corrected chi connectivity index (χ2v) is 11.8. The molecule has 4 aliphatic rings. The molecule has 11 nitrogen and oxygen atoms in total. The van der Waals surface area contributed by atoms with Gasteiger partial charge in [-0.1, -0.05) is 30.7 Å². The Hall–Kier alpha value is -4.42. The number of amidine groups is 2. The van der Waals surface area contributed by atoms with Gasteiger partial charge in [0.2, 0.25) is 11.8 Å². The zero-order valence-electron chi connectivity index (χ0n) is 25.2. The van der Waals surface area contributed by atoms with Gasteiger partial charge in [0.05, 0.1) is 18.0 Å². The van der Waals surface area contributed by atoms with Crippen LogP contribution in [-0.4, -0.2) is 60.2 Å². The van der Waals surface area contributed by atoms with E-state index in [1.54, 1.807) is 12.1 Å². The zero-order chi connectivity index (χ0) is 32.4. The Morgan fingerprint density at radius 2 is 1.31 bits per heavy atom. The number of anilines is 2. The van der Waals surface area contributed by atoms with Crippen LogP contribution in [0.1, 0.15) is 56.1 Å². The van der Waals surface area contributed by atoms with E-state index in [0.29, 0.717) is 24.9 Å². The molecule has 0 bridgehead atoms. The summed E-state index contributed by atoms with van der Waals surface area (Å²) in [5, 5.41) is 10.9. The van der Waals surface area contributed by atoms with Crippen LogP contribution >= 0.6 is 0 Å². The van der Waals surface area contributed by atoms with Crippen LogP contribution < -0.4 is 22.5 Å². The number of aliphatic carboxylic acids is 1. The van der Waals surface area contributed by atoms with Gasteiger partial charge < -0.3 is 37.1 Å². The van der Waals surface area contributed by atoms with Crippen molar-refractivity contribution in [3.05, 3.63) is 59.7 Å². The van der Waals surface area contributed by atoms with E-state index in [1.807, 2.05) is 36.4 Å². The number of aryl methyl sites for hydroxylation is 2. The Labute approximate surface area is 261 Å². The van der Waals surface area contributed by atoms with Crippen LogP contribution in [0.4, 0.5) is 20.2 Å². The number of hydrogen-bond donors (Lipinski definition) is 5. The van der Waals surface area contributed by atoms with Gasteiger partial charge in [-0.05, 0) is 73.9 Å². The second kappa shape index (κ2) is 15.5. The average molecular weight is 629 g/mol. The maximum Gasteiger partial charge on any atom is 0.306 e. The molecule has 2 aliphatic carbocycles. The van der Waals surface area contributed by atoms with Crippen LogP contribution in [0.5, 0.6) is 0 Å². The first kappa shape index (κ1) is 33.5. The molecule has 8 N–H and O–H groups in total. The smallest absolute Gasteiger partial charge is 0.306 e. The molecule has 0 aromatic heterocycles. The molecule has 2 atom stereocenters. The minimum atomic E-state index is -2.68. The highest BCUT2D eigenvalue weighted by molar-refractivity contribution is 5.93. The molecule has 2 heterocycles. The molecule has 0 radical (unpaired) electrons.